The number of hydrogen-bond acceptors (Lipinski definition) is 2. The van der Waals surface area contributed by atoms with E-state index < -0.39 is 11.7 Å². The number of benzene rings is 1. The molecule has 1 aliphatic heterocycles. The maximum absolute atomic E-state index is 13.4. The van der Waals surface area contributed by atoms with E-state index in [1.807, 2.05) is 4.68 Å². The van der Waals surface area contributed by atoms with Gasteiger partial charge in [-0.25, -0.2) is 0 Å². The highest BCUT2D eigenvalue weighted by atomic mass is 19.4. The number of carbonyl (C=O) groups excluding carboxylic acids is 1. The van der Waals surface area contributed by atoms with Crippen LogP contribution in [0.3, 0.4) is 0 Å². The number of hydrogen-bond donors (Lipinski definition) is 0. The molecule has 2 aromatic rings. The molecule has 0 spiro atoms. The van der Waals surface area contributed by atoms with Gasteiger partial charge in [0.15, 0.2) is 0 Å². The molecule has 1 aromatic heterocycles. The summed E-state index contributed by atoms with van der Waals surface area (Å²) in [7, 11) is 0. The number of alkyl halides is 3. The summed E-state index contributed by atoms with van der Waals surface area (Å²) in [5, 5.41) is 4.53. The molecule has 7 heteroatoms. The quantitative estimate of drug-likeness (QED) is 0.596. The highest BCUT2D eigenvalue weighted by Crippen LogP contribution is 2.44. The van der Waals surface area contributed by atoms with Gasteiger partial charge in [-0.15, -0.1) is 0 Å². The van der Waals surface area contributed by atoms with Gasteiger partial charge in [-0.3, -0.25) is 9.48 Å². The van der Waals surface area contributed by atoms with Crippen molar-refractivity contribution in [2.24, 2.45) is 0 Å². The van der Waals surface area contributed by atoms with E-state index in [1.165, 1.54) is 6.07 Å². The molecule has 1 aliphatic carbocycles. The summed E-state index contributed by atoms with van der Waals surface area (Å²) in [5.41, 5.74) is 1.34. The molecule has 4 nitrogen and oxygen atoms in total. The molecule has 1 aromatic carbocycles. The Balaban J connectivity index is 1.56. The Kier molecular flexibility index (Phi) is 5.64. The van der Waals surface area contributed by atoms with Crippen molar-refractivity contribution in [2.45, 2.75) is 70.0 Å². The number of halogens is 3. The summed E-state index contributed by atoms with van der Waals surface area (Å²) in [6.45, 7) is 5.03. The van der Waals surface area contributed by atoms with Crippen LogP contribution in [0.5, 0.6) is 0 Å². The van der Waals surface area contributed by atoms with Crippen LogP contribution in [0.1, 0.15) is 91.0 Å². The molecule has 1 saturated carbocycles. The van der Waals surface area contributed by atoms with Gasteiger partial charge in [-0.1, -0.05) is 31.5 Å². The van der Waals surface area contributed by atoms with E-state index in [0.717, 1.165) is 37.4 Å². The Morgan fingerprint density at radius 3 is 2.60 bits per heavy atom. The summed E-state index contributed by atoms with van der Waals surface area (Å²) in [6, 6.07) is 5.96. The topological polar surface area (TPSA) is 38.1 Å². The van der Waals surface area contributed by atoms with Crippen molar-refractivity contribution in [1.82, 2.24) is 14.7 Å². The Labute approximate surface area is 175 Å². The Hall–Kier alpha value is -2.31. The first kappa shape index (κ1) is 20.9. The molecular weight excluding hydrogens is 391 g/mol. The maximum Gasteiger partial charge on any atom is 0.416 e. The summed E-state index contributed by atoms with van der Waals surface area (Å²) < 4.78 is 42.3. The van der Waals surface area contributed by atoms with Crippen LogP contribution in [0.4, 0.5) is 13.2 Å². The summed E-state index contributed by atoms with van der Waals surface area (Å²) in [4.78, 5) is 15.0. The lowest BCUT2D eigenvalue weighted by Crippen LogP contribution is -2.29. The third-order valence-corrected chi connectivity index (χ3v) is 6.33. The van der Waals surface area contributed by atoms with Crippen LogP contribution in [0.15, 0.2) is 30.5 Å². The molecule has 2 aliphatic rings. The second-order valence-corrected chi connectivity index (χ2v) is 8.62. The molecule has 2 heterocycles. The van der Waals surface area contributed by atoms with E-state index in [-0.39, 0.29) is 23.4 Å². The molecule has 2 fully saturated rings. The minimum absolute atomic E-state index is 0.0983. The van der Waals surface area contributed by atoms with Gasteiger partial charge in [0.05, 0.1) is 23.0 Å². The second-order valence-electron chi connectivity index (χ2n) is 8.62. The molecule has 2 atom stereocenters. The van der Waals surface area contributed by atoms with Crippen LogP contribution >= 0.6 is 0 Å². The first-order chi connectivity index (χ1) is 14.3. The zero-order valence-electron chi connectivity index (χ0n) is 17.5. The molecule has 1 saturated heterocycles. The lowest BCUT2D eigenvalue weighted by atomic mass is 9.93. The number of carbonyl (C=O) groups is 1. The Bertz CT molecular complexity index is 917. The number of nitrogens with zero attached hydrogens (tertiary/aromatic N) is 3. The normalized spacial score (nSPS) is 20.6. The first-order valence-corrected chi connectivity index (χ1v) is 10.8. The van der Waals surface area contributed by atoms with Crippen LogP contribution in [0, 0.1) is 0 Å². The van der Waals surface area contributed by atoms with Gasteiger partial charge in [0.2, 0.25) is 0 Å². The largest absolute Gasteiger partial charge is 0.416 e. The first-order valence-electron chi connectivity index (χ1n) is 10.8. The van der Waals surface area contributed by atoms with Gasteiger partial charge in [0, 0.05) is 31.0 Å². The molecule has 0 radical (unpaired) electrons. The van der Waals surface area contributed by atoms with Crippen molar-refractivity contribution in [2.75, 3.05) is 13.1 Å². The highest BCUT2D eigenvalue weighted by molar-refractivity contribution is 5.95. The van der Waals surface area contributed by atoms with E-state index in [0.29, 0.717) is 31.0 Å². The minimum atomic E-state index is -4.39. The fourth-order valence-corrected chi connectivity index (χ4v) is 4.67. The van der Waals surface area contributed by atoms with Gasteiger partial charge in [0.25, 0.3) is 5.91 Å². The van der Waals surface area contributed by atoms with Crippen molar-refractivity contribution in [3.05, 3.63) is 52.8 Å². The van der Waals surface area contributed by atoms with Gasteiger partial charge < -0.3 is 4.90 Å². The van der Waals surface area contributed by atoms with Crippen LogP contribution in [-0.4, -0.2) is 33.7 Å². The smallest absolute Gasteiger partial charge is 0.338 e. The molecule has 162 valence electrons. The van der Waals surface area contributed by atoms with Gasteiger partial charge in [-0.05, 0) is 44.2 Å². The number of aromatic nitrogens is 2. The molecule has 1 amide bonds. The van der Waals surface area contributed by atoms with Gasteiger partial charge >= 0.3 is 6.18 Å². The summed E-state index contributed by atoms with van der Waals surface area (Å²) in [6.07, 6.45) is 1.98. The predicted molar refractivity (Wildman–Crippen MR) is 109 cm³/mol. The van der Waals surface area contributed by atoms with Gasteiger partial charge in [-0.2, -0.15) is 18.3 Å². The van der Waals surface area contributed by atoms with Crippen molar-refractivity contribution in [1.29, 1.82) is 0 Å². The average Bonchev–Trinajstić information content (AvgIpc) is 3.26. The zero-order valence-corrected chi connectivity index (χ0v) is 17.5. The van der Waals surface area contributed by atoms with Crippen LogP contribution in [0.2, 0.25) is 0 Å². The number of amides is 1. The highest BCUT2D eigenvalue weighted by Gasteiger charge is 2.39. The molecule has 4 rings (SSSR count). The van der Waals surface area contributed by atoms with Crippen molar-refractivity contribution >= 4 is 5.91 Å². The predicted octanol–water partition coefficient (Wildman–Crippen LogP) is 5.77. The van der Waals surface area contributed by atoms with Crippen molar-refractivity contribution < 1.29 is 18.0 Å². The average molecular weight is 419 g/mol. The Morgan fingerprint density at radius 2 is 1.93 bits per heavy atom. The maximum atomic E-state index is 13.4. The third-order valence-electron chi connectivity index (χ3n) is 6.33. The summed E-state index contributed by atoms with van der Waals surface area (Å²) >= 11 is 0. The fraction of sp³-hybridized carbons (Fsp3) is 0.565. The fourth-order valence-electron chi connectivity index (χ4n) is 4.67. The lowest BCUT2D eigenvalue weighted by Gasteiger charge is -2.20. The third kappa shape index (κ3) is 3.98. The van der Waals surface area contributed by atoms with E-state index in [2.05, 4.69) is 18.9 Å². The zero-order chi connectivity index (χ0) is 21.5. The van der Waals surface area contributed by atoms with Crippen molar-refractivity contribution in [3.8, 4) is 0 Å². The molecule has 0 N–H and O–H groups in total. The molecule has 0 bridgehead atoms. The monoisotopic (exact) mass is 419 g/mol. The SMILES string of the molecule is CCCC(C)n1ncc(C(=O)N2CC[C@@H](c3ccccc3C(F)(F)F)C2)c1C1CC1. The van der Waals surface area contributed by atoms with E-state index in [9.17, 15) is 18.0 Å². The van der Waals surface area contributed by atoms with E-state index in [1.54, 1.807) is 23.2 Å². The molecule has 1 unspecified atom stereocenters. The van der Waals surface area contributed by atoms with Crippen LogP contribution < -0.4 is 0 Å². The second kappa shape index (κ2) is 8.08. The minimum Gasteiger partial charge on any atom is -0.338 e. The molecular formula is C23H28F3N3O. The summed E-state index contributed by atoms with van der Waals surface area (Å²) in [5.74, 6) is -0.0286. The Morgan fingerprint density at radius 1 is 1.20 bits per heavy atom. The standard InChI is InChI=1S/C23H28F3N3O/c1-3-6-15(2)29-21(16-9-10-16)19(13-27-29)22(30)28-12-11-17(14-28)18-7-4-5-8-20(18)23(24,25)26/h4-5,7-8,13,15-17H,3,6,9-12,14H2,1-2H3/t15?,17-/m1/s1. The van der Waals surface area contributed by atoms with E-state index >= 15 is 0 Å². The van der Waals surface area contributed by atoms with Crippen LogP contribution in [-0.2, 0) is 6.18 Å². The molecule has 30 heavy (non-hydrogen) atoms. The van der Waals surface area contributed by atoms with Crippen LogP contribution in [0.25, 0.3) is 0 Å². The van der Waals surface area contributed by atoms with E-state index in [4.69, 9.17) is 0 Å². The number of likely N-dealkylation sites (tertiary alicyclic amines) is 1. The van der Waals surface area contributed by atoms with Gasteiger partial charge in [0.1, 0.15) is 0 Å². The number of rotatable bonds is 6. The van der Waals surface area contributed by atoms with Crippen molar-refractivity contribution in [3.63, 3.8) is 0 Å². The lowest BCUT2D eigenvalue weighted by molar-refractivity contribution is -0.138.